The lowest BCUT2D eigenvalue weighted by molar-refractivity contribution is -0.131. The fourth-order valence-electron chi connectivity index (χ4n) is 1.94. The SMILES string of the molecule is CCN(Cc1ccc(Cl)s1)C(=O)CCNC(=O)c1ccoc1. The maximum atomic E-state index is 12.2. The third-order valence-corrected chi connectivity index (χ3v) is 4.33. The van der Waals surface area contributed by atoms with E-state index in [0.29, 0.717) is 29.5 Å². The molecule has 0 fully saturated rings. The highest BCUT2D eigenvalue weighted by Gasteiger charge is 2.14. The van der Waals surface area contributed by atoms with Crippen molar-refractivity contribution in [3.05, 3.63) is 45.5 Å². The Balaban J connectivity index is 1.78. The van der Waals surface area contributed by atoms with Crippen LogP contribution < -0.4 is 5.32 Å². The van der Waals surface area contributed by atoms with Gasteiger partial charge in [-0.1, -0.05) is 11.6 Å². The zero-order valence-corrected chi connectivity index (χ0v) is 13.7. The van der Waals surface area contributed by atoms with E-state index in [9.17, 15) is 9.59 Å². The van der Waals surface area contributed by atoms with E-state index in [2.05, 4.69) is 5.32 Å². The zero-order chi connectivity index (χ0) is 15.9. The van der Waals surface area contributed by atoms with Crippen molar-refractivity contribution in [2.45, 2.75) is 19.9 Å². The Morgan fingerprint density at radius 2 is 2.18 bits per heavy atom. The fraction of sp³-hybridized carbons (Fsp3) is 0.333. The first-order valence-corrected chi connectivity index (χ1v) is 8.12. The van der Waals surface area contributed by atoms with E-state index in [1.165, 1.54) is 23.9 Å². The Kier molecular flexibility index (Phi) is 6.03. The summed E-state index contributed by atoms with van der Waals surface area (Å²) >= 11 is 7.36. The molecule has 0 aromatic carbocycles. The van der Waals surface area contributed by atoms with E-state index in [-0.39, 0.29) is 18.2 Å². The fourth-order valence-corrected chi connectivity index (χ4v) is 3.04. The van der Waals surface area contributed by atoms with Crippen molar-refractivity contribution in [2.24, 2.45) is 0 Å². The third kappa shape index (κ3) is 4.61. The van der Waals surface area contributed by atoms with Gasteiger partial charge in [0.05, 0.1) is 22.7 Å². The lowest BCUT2D eigenvalue weighted by Gasteiger charge is -2.20. The van der Waals surface area contributed by atoms with E-state index in [4.69, 9.17) is 16.0 Å². The number of amides is 2. The van der Waals surface area contributed by atoms with Crippen LogP contribution >= 0.6 is 22.9 Å². The highest BCUT2D eigenvalue weighted by atomic mass is 35.5. The lowest BCUT2D eigenvalue weighted by Crippen LogP contribution is -2.33. The monoisotopic (exact) mass is 340 g/mol. The molecule has 2 amide bonds. The summed E-state index contributed by atoms with van der Waals surface area (Å²) in [5, 5.41) is 2.70. The van der Waals surface area contributed by atoms with Gasteiger partial charge in [0.2, 0.25) is 5.91 Å². The van der Waals surface area contributed by atoms with Crippen LogP contribution in [0, 0.1) is 0 Å². The summed E-state index contributed by atoms with van der Waals surface area (Å²) in [4.78, 5) is 26.7. The number of furan rings is 1. The van der Waals surface area contributed by atoms with Crippen LogP contribution in [0.5, 0.6) is 0 Å². The van der Waals surface area contributed by atoms with Gasteiger partial charge in [-0.25, -0.2) is 0 Å². The molecule has 0 unspecified atom stereocenters. The molecule has 118 valence electrons. The molecule has 22 heavy (non-hydrogen) atoms. The first-order chi connectivity index (χ1) is 10.6. The Hall–Kier alpha value is -1.79. The molecule has 0 saturated heterocycles. The largest absolute Gasteiger partial charge is 0.472 e. The van der Waals surface area contributed by atoms with Gasteiger partial charge in [0.25, 0.3) is 5.91 Å². The van der Waals surface area contributed by atoms with E-state index in [1.807, 2.05) is 19.1 Å². The van der Waals surface area contributed by atoms with E-state index in [1.54, 1.807) is 11.0 Å². The molecular formula is C15H17ClN2O3S. The number of carbonyl (C=O) groups is 2. The van der Waals surface area contributed by atoms with E-state index in [0.717, 1.165) is 4.88 Å². The number of nitrogens with one attached hydrogen (secondary N) is 1. The predicted octanol–water partition coefficient (Wildman–Crippen LogP) is 3.16. The second-order valence-corrected chi connectivity index (χ2v) is 6.43. The van der Waals surface area contributed by atoms with Gasteiger partial charge in [-0.05, 0) is 25.1 Å². The number of halogens is 1. The minimum atomic E-state index is -0.241. The molecular weight excluding hydrogens is 324 g/mol. The highest BCUT2D eigenvalue weighted by Crippen LogP contribution is 2.22. The molecule has 0 bridgehead atoms. The normalized spacial score (nSPS) is 10.5. The van der Waals surface area contributed by atoms with Crippen LogP contribution in [0.4, 0.5) is 0 Å². The van der Waals surface area contributed by atoms with Crippen molar-refractivity contribution in [3.63, 3.8) is 0 Å². The molecule has 0 aliphatic heterocycles. The number of hydrogen-bond donors (Lipinski definition) is 1. The molecule has 0 spiro atoms. The second kappa shape index (κ2) is 8.00. The zero-order valence-electron chi connectivity index (χ0n) is 12.2. The van der Waals surface area contributed by atoms with Gasteiger partial charge in [-0.15, -0.1) is 11.3 Å². The first kappa shape index (κ1) is 16.6. The molecule has 2 rings (SSSR count). The predicted molar refractivity (Wildman–Crippen MR) is 86.1 cm³/mol. The van der Waals surface area contributed by atoms with Crippen LogP contribution in [0.1, 0.15) is 28.6 Å². The Labute approximate surface area is 137 Å². The molecule has 2 aromatic rings. The maximum Gasteiger partial charge on any atom is 0.254 e. The van der Waals surface area contributed by atoms with Gasteiger partial charge in [0, 0.05) is 24.4 Å². The van der Waals surface area contributed by atoms with Gasteiger partial charge in [-0.3, -0.25) is 9.59 Å². The molecule has 0 aliphatic carbocycles. The number of rotatable bonds is 7. The van der Waals surface area contributed by atoms with Gasteiger partial charge in [0.1, 0.15) is 6.26 Å². The van der Waals surface area contributed by atoms with Gasteiger partial charge < -0.3 is 14.6 Å². The van der Waals surface area contributed by atoms with Crippen LogP contribution in [0.15, 0.2) is 35.1 Å². The summed E-state index contributed by atoms with van der Waals surface area (Å²) in [6.07, 6.45) is 3.07. The topological polar surface area (TPSA) is 62.6 Å². The van der Waals surface area contributed by atoms with Crippen molar-refractivity contribution in [1.29, 1.82) is 0 Å². The molecule has 1 N–H and O–H groups in total. The van der Waals surface area contributed by atoms with E-state index >= 15 is 0 Å². The Morgan fingerprint density at radius 1 is 1.36 bits per heavy atom. The van der Waals surface area contributed by atoms with E-state index < -0.39 is 0 Å². The van der Waals surface area contributed by atoms with Gasteiger partial charge in [0.15, 0.2) is 0 Å². The highest BCUT2D eigenvalue weighted by molar-refractivity contribution is 7.16. The van der Waals surface area contributed by atoms with Crippen LogP contribution in [0.2, 0.25) is 4.34 Å². The summed E-state index contributed by atoms with van der Waals surface area (Å²) in [5.41, 5.74) is 0.452. The number of nitrogens with zero attached hydrogens (tertiary/aromatic N) is 1. The lowest BCUT2D eigenvalue weighted by atomic mass is 10.3. The summed E-state index contributed by atoms with van der Waals surface area (Å²) in [6, 6.07) is 5.32. The smallest absolute Gasteiger partial charge is 0.254 e. The summed E-state index contributed by atoms with van der Waals surface area (Å²) < 4.78 is 5.56. The molecule has 2 heterocycles. The summed E-state index contributed by atoms with van der Waals surface area (Å²) in [6.45, 7) is 3.38. The molecule has 5 nitrogen and oxygen atoms in total. The quantitative estimate of drug-likeness (QED) is 0.842. The standard InChI is InChI=1S/C15H17ClN2O3S/c1-2-18(9-12-3-4-13(16)22-12)14(19)5-7-17-15(20)11-6-8-21-10-11/h3-4,6,8,10H,2,5,7,9H2,1H3,(H,17,20). The van der Waals surface area contributed by atoms with Crippen molar-refractivity contribution in [3.8, 4) is 0 Å². The minimum Gasteiger partial charge on any atom is -0.472 e. The van der Waals surface area contributed by atoms with Crippen molar-refractivity contribution < 1.29 is 14.0 Å². The molecule has 0 saturated carbocycles. The van der Waals surface area contributed by atoms with Crippen LogP contribution in [0.3, 0.4) is 0 Å². The summed E-state index contributed by atoms with van der Waals surface area (Å²) in [5.74, 6) is -0.242. The molecule has 0 aliphatic rings. The van der Waals surface area contributed by atoms with Crippen molar-refractivity contribution in [2.75, 3.05) is 13.1 Å². The first-order valence-electron chi connectivity index (χ1n) is 6.92. The minimum absolute atomic E-state index is 0.000448. The number of hydrogen-bond acceptors (Lipinski definition) is 4. The molecule has 7 heteroatoms. The molecule has 2 aromatic heterocycles. The third-order valence-electron chi connectivity index (χ3n) is 3.12. The Bertz CT molecular complexity index is 625. The van der Waals surface area contributed by atoms with Gasteiger partial charge in [-0.2, -0.15) is 0 Å². The molecule has 0 radical (unpaired) electrons. The maximum absolute atomic E-state index is 12.2. The number of thiophene rings is 1. The average Bonchev–Trinajstić information content (AvgIpc) is 3.16. The second-order valence-electron chi connectivity index (χ2n) is 4.63. The van der Waals surface area contributed by atoms with Crippen molar-refractivity contribution in [1.82, 2.24) is 10.2 Å². The Morgan fingerprint density at radius 3 is 2.77 bits per heavy atom. The van der Waals surface area contributed by atoms with Crippen molar-refractivity contribution >= 4 is 34.8 Å². The summed E-state index contributed by atoms with van der Waals surface area (Å²) in [7, 11) is 0. The van der Waals surface area contributed by atoms with Crippen LogP contribution in [0.25, 0.3) is 0 Å². The van der Waals surface area contributed by atoms with Crippen LogP contribution in [-0.4, -0.2) is 29.8 Å². The molecule has 0 atom stereocenters. The van der Waals surface area contributed by atoms with Crippen LogP contribution in [-0.2, 0) is 11.3 Å². The van der Waals surface area contributed by atoms with Gasteiger partial charge >= 0.3 is 0 Å². The average molecular weight is 341 g/mol. The number of carbonyl (C=O) groups excluding carboxylic acids is 2.